The first kappa shape index (κ1) is 13.4. The molecule has 0 aliphatic rings. The summed E-state index contributed by atoms with van der Waals surface area (Å²) in [6.07, 6.45) is 3.20. The quantitative estimate of drug-likeness (QED) is 0.613. The highest BCUT2D eigenvalue weighted by Crippen LogP contribution is 2.17. The summed E-state index contributed by atoms with van der Waals surface area (Å²) in [4.78, 5) is 30.7. The minimum atomic E-state index is -0.487. The van der Waals surface area contributed by atoms with E-state index in [-0.39, 0.29) is 5.91 Å². The molecule has 92 valence electrons. The van der Waals surface area contributed by atoms with Crippen molar-refractivity contribution in [3.8, 4) is 0 Å². The minimum absolute atomic E-state index is 0.367. The topological polar surface area (TPSA) is 84.0 Å². The molecule has 1 rings (SSSR count). The molecule has 0 radical (unpaired) electrons. The van der Waals surface area contributed by atoms with Crippen molar-refractivity contribution < 1.29 is 9.59 Å². The van der Waals surface area contributed by atoms with Gasteiger partial charge in [-0.05, 0) is 19.9 Å². The Hall–Kier alpha value is -1.63. The van der Waals surface area contributed by atoms with Crippen LogP contribution in [0, 0.1) is 0 Å². The third-order valence-electron chi connectivity index (χ3n) is 1.77. The molecule has 0 saturated heterocycles. The Morgan fingerprint density at radius 2 is 2.06 bits per heavy atom. The van der Waals surface area contributed by atoms with E-state index in [4.69, 9.17) is 0 Å². The number of nitrogens with one attached hydrogen (secondary N) is 2. The highest BCUT2D eigenvalue weighted by molar-refractivity contribution is 8.00. The van der Waals surface area contributed by atoms with Gasteiger partial charge in [0.05, 0.1) is 5.25 Å². The number of rotatable bonds is 4. The zero-order chi connectivity index (χ0) is 12.7. The van der Waals surface area contributed by atoms with Gasteiger partial charge in [0.15, 0.2) is 5.16 Å². The van der Waals surface area contributed by atoms with Gasteiger partial charge in [-0.3, -0.25) is 10.1 Å². The van der Waals surface area contributed by atoms with Crippen molar-refractivity contribution in [3.05, 3.63) is 18.5 Å². The van der Waals surface area contributed by atoms with Crippen molar-refractivity contribution in [1.82, 2.24) is 20.6 Å². The van der Waals surface area contributed by atoms with Gasteiger partial charge >= 0.3 is 6.03 Å². The van der Waals surface area contributed by atoms with Gasteiger partial charge in [-0.2, -0.15) is 0 Å². The lowest BCUT2D eigenvalue weighted by molar-refractivity contribution is -0.119. The van der Waals surface area contributed by atoms with E-state index in [0.29, 0.717) is 11.7 Å². The maximum Gasteiger partial charge on any atom is 0.321 e. The first-order valence-corrected chi connectivity index (χ1v) is 6.03. The number of urea groups is 1. The number of carbonyl (C=O) groups is 2. The Balaban J connectivity index is 2.45. The van der Waals surface area contributed by atoms with E-state index in [0.717, 1.165) is 0 Å². The number of hydrogen-bond donors (Lipinski definition) is 2. The summed E-state index contributed by atoms with van der Waals surface area (Å²) in [6.45, 7) is 3.94. The molecule has 0 aliphatic heterocycles. The Kier molecular flexibility index (Phi) is 5.41. The number of nitrogens with zero attached hydrogens (tertiary/aromatic N) is 2. The maximum absolute atomic E-state index is 11.6. The van der Waals surface area contributed by atoms with Crippen molar-refractivity contribution in [1.29, 1.82) is 0 Å². The van der Waals surface area contributed by atoms with Crippen LogP contribution >= 0.6 is 11.8 Å². The molecule has 6 nitrogen and oxygen atoms in total. The number of thioether (sulfide) groups is 1. The standard InChI is InChI=1S/C10H14N4O2S/c1-3-11-9(16)14-8(15)7(2)17-10-12-5-4-6-13-10/h4-7H,3H2,1-2H3,(H2,11,14,15,16)/t7-/m0/s1. The SMILES string of the molecule is CCNC(=O)NC(=O)[C@H](C)Sc1ncccn1. The zero-order valence-electron chi connectivity index (χ0n) is 9.64. The van der Waals surface area contributed by atoms with Crippen LogP contribution < -0.4 is 10.6 Å². The van der Waals surface area contributed by atoms with E-state index in [1.54, 1.807) is 32.3 Å². The molecule has 0 saturated carbocycles. The van der Waals surface area contributed by atoms with Gasteiger partial charge in [0.2, 0.25) is 5.91 Å². The predicted octanol–water partition coefficient (Wildman–Crippen LogP) is 0.803. The predicted molar refractivity (Wildman–Crippen MR) is 64.6 cm³/mol. The summed E-state index contributed by atoms with van der Waals surface area (Å²) in [5.41, 5.74) is 0. The summed E-state index contributed by atoms with van der Waals surface area (Å²) in [7, 11) is 0. The van der Waals surface area contributed by atoms with Gasteiger partial charge in [-0.15, -0.1) is 0 Å². The third kappa shape index (κ3) is 4.81. The molecule has 17 heavy (non-hydrogen) atoms. The molecular weight excluding hydrogens is 240 g/mol. The minimum Gasteiger partial charge on any atom is -0.338 e. The molecule has 7 heteroatoms. The fraction of sp³-hybridized carbons (Fsp3) is 0.400. The molecule has 0 unspecified atom stereocenters. The molecule has 0 bridgehead atoms. The van der Waals surface area contributed by atoms with Gasteiger partial charge in [0.1, 0.15) is 0 Å². The van der Waals surface area contributed by atoms with E-state index >= 15 is 0 Å². The number of aromatic nitrogens is 2. The van der Waals surface area contributed by atoms with E-state index in [1.165, 1.54) is 11.8 Å². The lowest BCUT2D eigenvalue weighted by Crippen LogP contribution is -2.42. The average molecular weight is 254 g/mol. The second-order valence-electron chi connectivity index (χ2n) is 3.14. The zero-order valence-corrected chi connectivity index (χ0v) is 10.5. The van der Waals surface area contributed by atoms with Gasteiger partial charge in [0.25, 0.3) is 0 Å². The van der Waals surface area contributed by atoms with E-state index in [9.17, 15) is 9.59 Å². The van der Waals surface area contributed by atoms with Crippen molar-refractivity contribution in [2.75, 3.05) is 6.54 Å². The summed E-state index contributed by atoms with van der Waals surface area (Å²) >= 11 is 1.20. The molecule has 3 amide bonds. The first-order valence-electron chi connectivity index (χ1n) is 5.16. The van der Waals surface area contributed by atoms with Gasteiger partial charge in [-0.25, -0.2) is 14.8 Å². The fourth-order valence-corrected chi connectivity index (χ4v) is 1.70. The number of imide groups is 1. The Morgan fingerprint density at radius 3 is 2.65 bits per heavy atom. The summed E-state index contributed by atoms with van der Waals surface area (Å²) in [5.74, 6) is -0.367. The van der Waals surface area contributed by atoms with E-state index in [1.807, 2.05) is 0 Å². The van der Waals surface area contributed by atoms with Crippen LogP contribution in [0.3, 0.4) is 0 Å². The van der Waals surface area contributed by atoms with Crippen LogP contribution in [0.1, 0.15) is 13.8 Å². The number of hydrogen-bond acceptors (Lipinski definition) is 5. The van der Waals surface area contributed by atoms with Crippen LogP contribution in [0.2, 0.25) is 0 Å². The monoisotopic (exact) mass is 254 g/mol. The first-order chi connectivity index (χ1) is 8.13. The summed E-state index contributed by atoms with van der Waals surface area (Å²) < 4.78 is 0. The van der Waals surface area contributed by atoms with Gasteiger partial charge in [-0.1, -0.05) is 11.8 Å². The summed E-state index contributed by atoms with van der Waals surface area (Å²) in [5, 5.41) is 4.79. The normalized spacial score (nSPS) is 11.6. The van der Waals surface area contributed by atoms with Crippen molar-refractivity contribution in [2.24, 2.45) is 0 Å². The van der Waals surface area contributed by atoms with Crippen LogP contribution in [0.5, 0.6) is 0 Å². The van der Waals surface area contributed by atoms with Crippen molar-refractivity contribution >= 4 is 23.7 Å². The van der Waals surface area contributed by atoms with E-state index in [2.05, 4.69) is 20.6 Å². The van der Waals surface area contributed by atoms with Crippen LogP contribution in [0.4, 0.5) is 4.79 Å². The fourth-order valence-electron chi connectivity index (χ4n) is 0.976. The molecule has 1 heterocycles. The lowest BCUT2D eigenvalue weighted by atomic mass is 10.4. The molecule has 2 N–H and O–H groups in total. The molecule has 0 fully saturated rings. The molecule has 1 aromatic rings. The summed E-state index contributed by atoms with van der Waals surface area (Å²) in [6, 6.07) is 1.21. The Labute approximate surface area is 104 Å². The maximum atomic E-state index is 11.6. The Morgan fingerprint density at radius 1 is 1.41 bits per heavy atom. The van der Waals surface area contributed by atoms with E-state index < -0.39 is 11.3 Å². The number of carbonyl (C=O) groups excluding carboxylic acids is 2. The molecular formula is C10H14N4O2S. The molecule has 0 spiro atoms. The van der Waals surface area contributed by atoms with Crippen LogP contribution in [0.25, 0.3) is 0 Å². The third-order valence-corrected chi connectivity index (χ3v) is 2.76. The van der Waals surface area contributed by atoms with Gasteiger partial charge < -0.3 is 5.32 Å². The molecule has 0 aromatic carbocycles. The lowest BCUT2D eigenvalue weighted by Gasteiger charge is -2.09. The average Bonchev–Trinajstić information content (AvgIpc) is 2.30. The van der Waals surface area contributed by atoms with Crippen molar-refractivity contribution in [2.45, 2.75) is 24.3 Å². The Bertz CT molecular complexity index is 385. The highest BCUT2D eigenvalue weighted by Gasteiger charge is 2.17. The molecule has 1 atom stereocenters. The van der Waals surface area contributed by atoms with Gasteiger partial charge in [0, 0.05) is 18.9 Å². The smallest absolute Gasteiger partial charge is 0.321 e. The number of amides is 3. The van der Waals surface area contributed by atoms with Crippen LogP contribution in [0.15, 0.2) is 23.6 Å². The largest absolute Gasteiger partial charge is 0.338 e. The molecule has 0 aliphatic carbocycles. The van der Waals surface area contributed by atoms with Crippen LogP contribution in [-0.4, -0.2) is 33.7 Å². The second kappa shape index (κ2) is 6.85. The van der Waals surface area contributed by atoms with Crippen molar-refractivity contribution in [3.63, 3.8) is 0 Å². The second-order valence-corrected chi connectivity index (χ2v) is 4.45. The highest BCUT2D eigenvalue weighted by atomic mass is 32.2. The molecule has 1 aromatic heterocycles. The van der Waals surface area contributed by atoms with Crippen LogP contribution in [-0.2, 0) is 4.79 Å².